The van der Waals surface area contributed by atoms with Crippen LogP contribution in [0.15, 0.2) is 0 Å². The van der Waals surface area contributed by atoms with Gasteiger partial charge in [-0.2, -0.15) is 0 Å². The third-order valence-electron chi connectivity index (χ3n) is 0. The first kappa shape index (κ1) is 22.5. The Balaban J connectivity index is -0.0000000150. The third kappa shape index (κ3) is 39.0. The predicted molar refractivity (Wildman–Crippen MR) is 5.40 cm³/mol. The quantitative estimate of drug-likeness (QED) is 0.345. The minimum Gasteiger partial charge on any atom is -0.652 e. The molecule has 3 nitrogen and oxygen atoms in total. The number of hydrogen-bond donors (Lipinski definition) is 0. The van der Waals surface area contributed by atoms with Crippen LogP contribution in [0.1, 0.15) is 0 Å². The summed E-state index contributed by atoms with van der Waals surface area (Å²) in [5, 5.41) is 16.7. The van der Waals surface area contributed by atoms with Crippen LogP contribution in [0.3, 0.4) is 0 Å². The van der Waals surface area contributed by atoms with Gasteiger partial charge in [0.2, 0.25) is 0 Å². The molecule has 0 radical (unpaired) electrons. The molecular weight excluding hydrogens is 177 g/mol. The van der Waals surface area contributed by atoms with E-state index in [1.807, 2.05) is 0 Å². The van der Waals surface area contributed by atoms with Gasteiger partial charge in [-0.25, -0.2) is 0 Å². The minimum absolute atomic E-state index is 0. The Hall–Kier alpha value is 4.18. The molecule has 0 fully saturated rings. The summed E-state index contributed by atoms with van der Waals surface area (Å²) in [5.41, 5.74) is 0. The fraction of sp³-hybridized carbons (Fsp3) is 0. The Kier molecular flexibility index (Phi) is 53.4. The summed E-state index contributed by atoms with van der Waals surface area (Å²) < 4.78 is 0. The van der Waals surface area contributed by atoms with Crippen LogP contribution in [-0.2, 0) is 0 Å². The smallest absolute Gasteiger partial charge is 0.652 e. The maximum atomic E-state index is 8.33. The maximum absolute atomic E-state index is 8.33. The maximum Gasteiger partial charge on any atom is 1.00 e. The van der Waals surface area contributed by atoms with Gasteiger partial charge in [-0.15, -0.1) is 0 Å². The summed E-state index contributed by atoms with van der Waals surface area (Å²) in [7, 11) is 0. The molecule has 0 aromatic rings. The number of carbonyl (C=O) groups excluding carboxylic acids is 1. The van der Waals surface area contributed by atoms with Gasteiger partial charge in [0, 0.05) is 0 Å². The van der Waals surface area contributed by atoms with Gasteiger partial charge in [0.25, 0.3) is 0 Å². The number of rotatable bonds is 0. The molecule has 0 unspecified atom stereocenters. The van der Waals surface area contributed by atoms with Crippen LogP contribution in [0.5, 0.6) is 0 Å². The molecule has 0 aromatic carbocycles. The average Bonchev–Trinajstić information content (AvgIpc) is 0.811. The van der Waals surface area contributed by atoms with Crippen molar-refractivity contribution in [1.29, 1.82) is 0 Å². The van der Waals surface area contributed by atoms with Crippen molar-refractivity contribution >= 4 is 6.16 Å². The zero-order valence-electron chi connectivity index (χ0n) is 4.72. The summed E-state index contributed by atoms with van der Waals surface area (Å²) in [6.07, 6.45) is -2.33. The third-order valence-corrected chi connectivity index (χ3v) is 0. The van der Waals surface area contributed by atoms with E-state index >= 15 is 0 Å². The van der Waals surface area contributed by atoms with Crippen LogP contribution >= 0.6 is 0 Å². The fourth-order valence-electron chi connectivity index (χ4n) is 0. The summed E-state index contributed by atoms with van der Waals surface area (Å²) in [4.78, 5) is 8.33. The van der Waals surface area contributed by atoms with E-state index in [2.05, 4.69) is 0 Å². The molecule has 0 atom stereocenters. The van der Waals surface area contributed by atoms with Gasteiger partial charge in [0.15, 0.2) is 0 Å². The second-order valence-corrected chi connectivity index (χ2v) is 0.250. The van der Waals surface area contributed by atoms with Crippen molar-refractivity contribution < 1.29 is 169 Å². The molecule has 0 aliphatic rings. The largest absolute Gasteiger partial charge is 1.00 e. The number of carbonyl (C=O) groups is 1. The zero-order chi connectivity index (χ0) is 3.58. The molecule has 0 saturated heterocycles. The summed E-state index contributed by atoms with van der Waals surface area (Å²) >= 11 is 0. The molecule has 0 rings (SSSR count). The molecule has 7 heavy (non-hydrogen) atoms. The minimum atomic E-state index is -2.33. The van der Waals surface area contributed by atoms with Crippen molar-refractivity contribution in [3.8, 4) is 0 Å². The SMILES string of the molecule is O=C([O-])[O-].[K+].[K+].[K+]. The normalized spacial score (nSPS) is 3.43. The van der Waals surface area contributed by atoms with E-state index in [0.29, 0.717) is 0 Å². The fourth-order valence-corrected chi connectivity index (χ4v) is 0. The van der Waals surface area contributed by atoms with Crippen LogP contribution in [0, 0.1) is 0 Å². The Morgan fingerprint density at radius 1 is 1.00 bits per heavy atom. The second kappa shape index (κ2) is 16.6. The second-order valence-electron chi connectivity index (χ2n) is 0.250. The zero-order valence-corrected chi connectivity index (χ0v) is 14.1. The van der Waals surface area contributed by atoms with Gasteiger partial charge < -0.3 is 15.0 Å². The van der Waals surface area contributed by atoms with Crippen molar-refractivity contribution in [3.63, 3.8) is 0 Å². The van der Waals surface area contributed by atoms with Gasteiger partial charge in [-0.1, -0.05) is 0 Å². The first-order chi connectivity index (χ1) is 1.73. The molecule has 0 saturated carbocycles. The predicted octanol–water partition coefficient (Wildman–Crippen LogP) is -11.4. The van der Waals surface area contributed by atoms with Crippen molar-refractivity contribution in [2.24, 2.45) is 0 Å². The Bertz CT molecular complexity index is 33.2. The van der Waals surface area contributed by atoms with Crippen LogP contribution in [0.2, 0.25) is 0 Å². The van der Waals surface area contributed by atoms with Crippen LogP contribution in [0.4, 0.5) is 4.79 Å². The van der Waals surface area contributed by atoms with Crippen molar-refractivity contribution in [3.05, 3.63) is 0 Å². The molecule has 0 heterocycles. The molecule has 0 spiro atoms. The van der Waals surface area contributed by atoms with Crippen LogP contribution in [0.25, 0.3) is 0 Å². The van der Waals surface area contributed by atoms with Crippen LogP contribution in [-0.4, -0.2) is 6.16 Å². The molecular formula is CK3O3+. The van der Waals surface area contributed by atoms with E-state index < -0.39 is 6.16 Å². The first-order valence-corrected chi connectivity index (χ1v) is 0.612. The molecule has 24 valence electrons. The van der Waals surface area contributed by atoms with E-state index in [9.17, 15) is 0 Å². The molecule has 0 N–H and O–H groups in total. The summed E-state index contributed by atoms with van der Waals surface area (Å²) in [6, 6.07) is 0. The van der Waals surface area contributed by atoms with Crippen LogP contribution < -0.4 is 164 Å². The molecule has 6 heteroatoms. The van der Waals surface area contributed by atoms with Crippen molar-refractivity contribution in [2.45, 2.75) is 0 Å². The number of hydrogen-bond acceptors (Lipinski definition) is 3. The molecule has 0 aliphatic heterocycles. The summed E-state index contributed by atoms with van der Waals surface area (Å²) in [6.45, 7) is 0. The average molecular weight is 177 g/mol. The van der Waals surface area contributed by atoms with Gasteiger partial charge in [0.1, 0.15) is 0 Å². The van der Waals surface area contributed by atoms with Gasteiger partial charge in [-0.05, 0) is 6.16 Å². The van der Waals surface area contributed by atoms with Gasteiger partial charge in [0.05, 0.1) is 0 Å². The van der Waals surface area contributed by atoms with Crippen molar-refractivity contribution in [1.82, 2.24) is 0 Å². The molecule has 0 bridgehead atoms. The molecule has 0 aromatic heterocycles. The van der Waals surface area contributed by atoms with E-state index in [1.165, 1.54) is 0 Å². The van der Waals surface area contributed by atoms with E-state index in [4.69, 9.17) is 15.0 Å². The Morgan fingerprint density at radius 3 is 1.00 bits per heavy atom. The first-order valence-electron chi connectivity index (χ1n) is 0.612. The standard InChI is InChI=1S/CH2O3.3K/c2-1(3)4;;;/h(H2,2,3,4);;;/q;3*+1/p-2. The van der Waals surface area contributed by atoms with E-state index in [0.717, 1.165) is 0 Å². The number of carboxylic acid groups (broad SMARTS) is 2. The monoisotopic (exact) mass is 177 g/mol. The van der Waals surface area contributed by atoms with Gasteiger partial charge >= 0.3 is 154 Å². The van der Waals surface area contributed by atoms with Crippen molar-refractivity contribution in [2.75, 3.05) is 0 Å². The van der Waals surface area contributed by atoms with Gasteiger partial charge in [-0.3, -0.25) is 0 Å². The van der Waals surface area contributed by atoms with E-state index in [1.54, 1.807) is 0 Å². The Labute approximate surface area is 169 Å². The topological polar surface area (TPSA) is 63.2 Å². The van der Waals surface area contributed by atoms with E-state index in [-0.39, 0.29) is 154 Å². The summed E-state index contributed by atoms with van der Waals surface area (Å²) in [5.74, 6) is 0. The molecule has 0 aliphatic carbocycles. The molecule has 0 amide bonds. The Morgan fingerprint density at radius 2 is 1.00 bits per heavy atom.